The fraction of sp³-hybridized carbons (Fsp3) is 0.600. The molecule has 1 aromatic carbocycles. The molecule has 0 aliphatic carbocycles. The third-order valence-electron chi connectivity index (χ3n) is 4.02. The molecule has 1 heterocycles. The van der Waals surface area contributed by atoms with Crippen molar-refractivity contribution in [3.63, 3.8) is 0 Å². The van der Waals surface area contributed by atoms with Crippen molar-refractivity contribution in [2.24, 2.45) is 5.41 Å². The third-order valence-corrected chi connectivity index (χ3v) is 5.66. The lowest BCUT2D eigenvalue weighted by atomic mass is 9.79. The number of piperazine rings is 1. The highest BCUT2D eigenvalue weighted by molar-refractivity contribution is 14.1. The lowest BCUT2D eigenvalue weighted by Gasteiger charge is -2.43. The largest absolute Gasteiger partial charge is 0.506 e. The topological polar surface area (TPSA) is 55.7 Å². The molecule has 4 nitrogen and oxygen atoms in total. The van der Waals surface area contributed by atoms with E-state index in [9.17, 15) is 10.2 Å². The van der Waals surface area contributed by atoms with Crippen LogP contribution >= 0.6 is 57.6 Å². The minimum Gasteiger partial charge on any atom is -0.506 e. The number of nitrogens with zero attached hydrogens (tertiary/aromatic N) is 1. The molecule has 3 N–H and O–H groups in total. The number of rotatable bonds is 4. The monoisotopic (exact) mass is 552 g/mol. The van der Waals surface area contributed by atoms with Crippen LogP contribution in [0.4, 0.5) is 0 Å². The van der Waals surface area contributed by atoms with Crippen molar-refractivity contribution in [3.8, 4) is 5.75 Å². The van der Waals surface area contributed by atoms with Gasteiger partial charge in [-0.3, -0.25) is 4.90 Å². The molecular weight excluding hydrogens is 529 g/mol. The summed E-state index contributed by atoms with van der Waals surface area (Å²) in [4.78, 5) is 2.44. The smallest absolute Gasteiger partial charge is 0.142 e. The molecule has 1 atom stereocenters. The Labute approximate surface area is 165 Å². The highest BCUT2D eigenvalue weighted by atomic mass is 127. The Morgan fingerprint density at radius 3 is 2.18 bits per heavy atom. The van der Waals surface area contributed by atoms with E-state index < -0.39 is 0 Å². The van der Waals surface area contributed by atoms with E-state index in [1.54, 1.807) is 0 Å². The summed E-state index contributed by atoms with van der Waals surface area (Å²) >= 11 is 4.34. The number of nitrogens with one attached hydrogen (secondary N) is 1. The summed E-state index contributed by atoms with van der Waals surface area (Å²) in [5.41, 5.74) is 0.933. The van der Waals surface area contributed by atoms with Gasteiger partial charge < -0.3 is 15.5 Å². The molecule has 1 saturated heterocycles. The van der Waals surface area contributed by atoms with Crippen LogP contribution in [0.15, 0.2) is 12.1 Å². The van der Waals surface area contributed by atoms with Crippen LogP contribution in [0.5, 0.6) is 5.75 Å². The standard InChI is InChI=1S/C15H22I2N2O2.ClH/c1-15(2,9-20)14(19-5-3-18-4-6-19)10-7-11(16)13(21)12(17)8-10;/h7-8,14,18,20-21H,3-6,9H2,1-2H3;1H/t14-;/m1./s1. The van der Waals surface area contributed by atoms with Crippen LogP contribution in [0.25, 0.3) is 0 Å². The molecule has 7 heteroatoms. The van der Waals surface area contributed by atoms with Gasteiger partial charge in [-0.1, -0.05) is 13.8 Å². The van der Waals surface area contributed by atoms with Gasteiger partial charge in [-0.25, -0.2) is 0 Å². The van der Waals surface area contributed by atoms with Gasteiger partial charge in [-0.15, -0.1) is 12.4 Å². The van der Waals surface area contributed by atoms with Crippen molar-refractivity contribution in [1.29, 1.82) is 0 Å². The van der Waals surface area contributed by atoms with Gasteiger partial charge in [0.1, 0.15) is 5.75 Å². The lowest BCUT2D eigenvalue weighted by molar-refractivity contribution is 0.0304. The lowest BCUT2D eigenvalue weighted by Crippen LogP contribution is -2.49. The van der Waals surface area contributed by atoms with E-state index in [1.165, 1.54) is 5.56 Å². The van der Waals surface area contributed by atoms with Crippen LogP contribution in [0.1, 0.15) is 25.5 Å². The average Bonchev–Trinajstić information content (AvgIpc) is 2.46. The maximum atomic E-state index is 9.99. The molecule has 22 heavy (non-hydrogen) atoms. The molecule has 1 aliphatic rings. The Hall–Kier alpha value is 0.650. The highest BCUT2D eigenvalue weighted by Gasteiger charge is 2.36. The van der Waals surface area contributed by atoms with E-state index in [0.29, 0.717) is 5.75 Å². The molecule has 1 fully saturated rings. The number of phenolic OH excluding ortho intramolecular Hbond substituents is 1. The van der Waals surface area contributed by atoms with E-state index >= 15 is 0 Å². The predicted octanol–water partition coefficient (Wildman–Crippen LogP) is 2.99. The fourth-order valence-corrected chi connectivity index (χ4v) is 4.74. The molecule has 1 aliphatic heterocycles. The van der Waals surface area contributed by atoms with Crippen molar-refractivity contribution in [3.05, 3.63) is 24.8 Å². The van der Waals surface area contributed by atoms with Gasteiger partial charge in [-0.05, 0) is 62.9 Å². The second kappa shape index (κ2) is 8.66. The summed E-state index contributed by atoms with van der Waals surface area (Å²) in [5, 5.41) is 23.2. The van der Waals surface area contributed by atoms with Gasteiger partial charge in [0.25, 0.3) is 0 Å². The van der Waals surface area contributed by atoms with Crippen LogP contribution in [0, 0.1) is 12.6 Å². The fourth-order valence-electron chi connectivity index (χ4n) is 2.93. The first-order valence-corrected chi connectivity index (χ1v) is 9.26. The van der Waals surface area contributed by atoms with E-state index in [0.717, 1.165) is 33.3 Å². The molecule has 0 unspecified atom stereocenters. The highest BCUT2D eigenvalue weighted by Crippen LogP contribution is 2.41. The second-order valence-corrected chi connectivity index (χ2v) is 8.49. The Balaban J connectivity index is 0.00000242. The molecule has 0 aromatic heterocycles. The van der Waals surface area contributed by atoms with E-state index in [2.05, 4.69) is 69.2 Å². The van der Waals surface area contributed by atoms with Crippen molar-refractivity contribution in [2.75, 3.05) is 32.8 Å². The SMILES string of the molecule is CC(C)(CO)[C@@H](c1cc(I)c(O)c(I)c1)N1CCNCC1.Cl. The predicted molar refractivity (Wildman–Crippen MR) is 109 cm³/mol. The average molecular weight is 553 g/mol. The first-order valence-electron chi connectivity index (χ1n) is 7.10. The number of phenols is 1. The zero-order chi connectivity index (χ0) is 15.6. The minimum absolute atomic E-state index is 0. The first-order chi connectivity index (χ1) is 9.86. The first kappa shape index (κ1) is 20.7. The summed E-state index contributed by atoms with van der Waals surface area (Å²) in [7, 11) is 0. The van der Waals surface area contributed by atoms with Crippen LogP contribution in [-0.4, -0.2) is 47.9 Å². The number of hydrogen-bond acceptors (Lipinski definition) is 4. The molecule has 0 saturated carbocycles. The van der Waals surface area contributed by atoms with Gasteiger partial charge in [0.15, 0.2) is 0 Å². The van der Waals surface area contributed by atoms with Crippen molar-refractivity contribution < 1.29 is 10.2 Å². The molecule has 1 aromatic rings. The summed E-state index contributed by atoms with van der Waals surface area (Å²) in [6.07, 6.45) is 0. The normalized spacial score (nSPS) is 17.9. The minimum atomic E-state index is -0.236. The Bertz CT molecular complexity index is 485. The zero-order valence-corrected chi connectivity index (χ0v) is 17.9. The Morgan fingerprint density at radius 2 is 1.73 bits per heavy atom. The molecule has 126 valence electrons. The van der Waals surface area contributed by atoms with Gasteiger partial charge in [0.2, 0.25) is 0 Å². The number of aliphatic hydroxyl groups excluding tert-OH is 1. The van der Waals surface area contributed by atoms with Crippen molar-refractivity contribution >= 4 is 57.6 Å². The van der Waals surface area contributed by atoms with E-state index in [-0.39, 0.29) is 30.5 Å². The van der Waals surface area contributed by atoms with Crippen LogP contribution in [0.3, 0.4) is 0 Å². The zero-order valence-electron chi connectivity index (χ0n) is 12.8. The van der Waals surface area contributed by atoms with Gasteiger partial charge in [-0.2, -0.15) is 0 Å². The summed E-state index contributed by atoms with van der Waals surface area (Å²) in [6, 6.07) is 4.23. The molecule has 0 spiro atoms. The van der Waals surface area contributed by atoms with Gasteiger partial charge in [0.05, 0.1) is 7.14 Å². The van der Waals surface area contributed by atoms with Crippen LogP contribution in [-0.2, 0) is 0 Å². The Morgan fingerprint density at radius 1 is 1.23 bits per heavy atom. The van der Waals surface area contributed by atoms with Gasteiger partial charge in [0, 0.05) is 44.2 Å². The van der Waals surface area contributed by atoms with Crippen molar-refractivity contribution in [2.45, 2.75) is 19.9 Å². The maximum absolute atomic E-state index is 9.99. The van der Waals surface area contributed by atoms with Crippen LogP contribution < -0.4 is 5.32 Å². The molecule has 0 radical (unpaired) electrons. The van der Waals surface area contributed by atoms with Crippen LogP contribution in [0.2, 0.25) is 0 Å². The quantitative estimate of drug-likeness (QED) is 0.503. The second-order valence-electron chi connectivity index (χ2n) is 6.17. The number of aromatic hydroxyl groups is 1. The van der Waals surface area contributed by atoms with E-state index in [4.69, 9.17) is 0 Å². The summed E-state index contributed by atoms with van der Waals surface area (Å²) < 4.78 is 1.73. The Kier molecular flexibility index (Phi) is 8.15. The summed E-state index contributed by atoms with van der Waals surface area (Å²) in [5.74, 6) is 0.348. The van der Waals surface area contributed by atoms with Gasteiger partial charge >= 0.3 is 0 Å². The number of halogens is 3. The molecule has 0 bridgehead atoms. The molecular formula is C15H23ClI2N2O2. The third kappa shape index (κ3) is 4.60. The number of aliphatic hydroxyl groups is 1. The number of hydrogen-bond donors (Lipinski definition) is 3. The molecule has 0 amide bonds. The number of benzene rings is 1. The van der Waals surface area contributed by atoms with Crippen molar-refractivity contribution in [1.82, 2.24) is 10.2 Å². The molecule has 2 rings (SSSR count). The van der Waals surface area contributed by atoms with E-state index in [1.807, 2.05) is 12.1 Å². The maximum Gasteiger partial charge on any atom is 0.142 e. The summed E-state index contributed by atoms with van der Waals surface area (Å²) in [6.45, 7) is 8.24.